The number of hydrogen-bond acceptors (Lipinski definition) is 2. The van der Waals surface area contributed by atoms with Crippen molar-refractivity contribution >= 4 is 11.6 Å². The van der Waals surface area contributed by atoms with Gasteiger partial charge in [-0.15, -0.1) is 0 Å². The highest BCUT2D eigenvalue weighted by molar-refractivity contribution is 6.29. The normalized spacial score (nSPS) is 10.6. The predicted octanol–water partition coefficient (Wildman–Crippen LogP) is 4.31. The molecule has 0 amide bonds. The zero-order valence-corrected chi connectivity index (χ0v) is 11.5. The Balaban J connectivity index is 2.75. The average molecular weight is 284 g/mol. The first-order chi connectivity index (χ1) is 8.93. The fourth-order valence-corrected chi connectivity index (χ4v) is 2.21. The van der Waals surface area contributed by atoms with Gasteiger partial charge in [0.25, 0.3) is 0 Å². The summed E-state index contributed by atoms with van der Waals surface area (Å²) in [4.78, 5) is 4.01. The Morgan fingerprint density at radius 2 is 1.68 bits per heavy atom. The van der Waals surface area contributed by atoms with Gasteiger partial charge in [0.1, 0.15) is 17.3 Å². The van der Waals surface area contributed by atoms with Crippen LogP contribution in [-0.4, -0.2) is 12.1 Å². The van der Waals surface area contributed by atoms with Crippen LogP contribution in [0.25, 0.3) is 11.3 Å². The second-order valence-corrected chi connectivity index (χ2v) is 4.58. The summed E-state index contributed by atoms with van der Waals surface area (Å²) in [6.45, 7) is 3.51. The van der Waals surface area contributed by atoms with Gasteiger partial charge < -0.3 is 4.74 Å². The second kappa shape index (κ2) is 5.13. The number of halogens is 3. The van der Waals surface area contributed by atoms with Crippen molar-refractivity contribution in [3.8, 4) is 17.0 Å². The number of nitrogens with zero attached hydrogens (tertiary/aromatic N) is 1. The highest BCUT2D eigenvalue weighted by Gasteiger charge is 2.17. The van der Waals surface area contributed by atoms with Crippen molar-refractivity contribution in [1.29, 1.82) is 0 Å². The van der Waals surface area contributed by atoms with Crippen molar-refractivity contribution in [2.75, 3.05) is 7.11 Å². The van der Waals surface area contributed by atoms with Crippen LogP contribution in [0.15, 0.2) is 18.2 Å². The van der Waals surface area contributed by atoms with Crippen molar-refractivity contribution < 1.29 is 13.5 Å². The van der Waals surface area contributed by atoms with Crippen LogP contribution in [-0.2, 0) is 0 Å². The summed E-state index contributed by atoms with van der Waals surface area (Å²) in [5.74, 6) is -0.717. The Morgan fingerprint density at radius 1 is 1.11 bits per heavy atom. The summed E-state index contributed by atoms with van der Waals surface area (Å²) >= 11 is 5.71. The minimum Gasteiger partial charge on any atom is -0.494 e. The monoisotopic (exact) mass is 283 g/mol. The van der Waals surface area contributed by atoms with Crippen LogP contribution < -0.4 is 4.74 Å². The van der Waals surface area contributed by atoms with Gasteiger partial charge in [-0.25, -0.2) is 13.8 Å². The maximum absolute atomic E-state index is 13.4. The van der Waals surface area contributed by atoms with Gasteiger partial charge >= 0.3 is 0 Å². The molecule has 0 saturated carbocycles. The summed E-state index contributed by atoms with van der Waals surface area (Å²) in [5, 5.41) is -0.237. The topological polar surface area (TPSA) is 22.1 Å². The fourth-order valence-electron chi connectivity index (χ4n) is 2.07. The fraction of sp³-hybridized carbons (Fsp3) is 0.214. The molecule has 0 aliphatic heterocycles. The third kappa shape index (κ3) is 2.54. The van der Waals surface area contributed by atoms with Gasteiger partial charge in [0.05, 0.1) is 7.11 Å². The van der Waals surface area contributed by atoms with Crippen molar-refractivity contribution in [3.63, 3.8) is 0 Å². The highest BCUT2D eigenvalue weighted by Crippen LogP contribution is 2.35. The van der Waals surface area contributed by atoms with Crippen LogP contribution in [0.4, 0.5) is 8.78 Å². The minimum atomic E-state index is -0.653. The van der Waals surface area contributed by atoms with E-state index in [1.807, 2.05) is 0 Å². The van der Waals surface area contributed by atoms with Crippen LogP contribution in [0.3, 0.4) is 0 Å². The Labute approximate surface area is 115 Å². The average Bonchev–Trinajstić information content (AvgIpc) is 2.32. The molecule has 0 radical (unpaired) electrons. The van der Waals surface area contributed by atoms with Crippen LogP contribution in [0.5, 0.6) is 5.75 Å². The van der Waals surface area contributed by atoms with Gasteiger partial charge in [-0.05, 0) is 37.1 Å². The van der Waals surface area contributed by atoms with E-state index in [1.165, 1.54) is 25.3 Å². The summed E-state index contributed by atoms with van der Waals surface area (Å²) in [6, 6.07) is 3.95. The van der Waals surface area contributed by atoms with Crippen LogP contribution in [0.2, 0.25) is 5.15 Å². The molecule has 0 spiro atoms. The van der Waals surface area contributed by atoms with Crippen molar-refractivity contribution in [3.05, 3.63) is 46.1 Å². The number of rotatable bonds is 2. The largest absolute Gasteiger partial charge is 0.494 e. The molecule has 2 aromatic rings. The van der Waals surface area contributed by atoms with Gasteiger partial charge in [-0.3, -0.25) is 0 Å². The first-order valence-electron chi connectivity index (χ1n) is 5.61. The van der Waals surface area contributed by atoms with E-state index in [-0.39, 0.29) is 16.7 Å². The molecule has 19 heavy (non-hydrogen) atoms. The molecule has 1 heterocycles. The van der Waals surface area contributed by atoms with Crippen molar-refractivity contribution in [1.82, 2.24) is 4.98 Å². The number of pyridine rings is 1. The standard InChI is InChI=1S/C14H12ClF2NO/c1-7-4-9(16)5-8(2)12(7)13-11(19-3)6-10(17)14(15)18-13/h4-6H,1-3H3. The van der Waals surface area contributed by atoms with E-state index in [0.29, 0.717) is 22.4 Å². The third-order valence-corrected chi connectivity index (χ3v) is 3.12. The number of hydrogen-bond donors (Lipinski definition) is 0. The zero-order chi connectivity index (χ0) is 14.2. The molecule has 100 valence electrons. The highest BCUT2D eigenvalue weighted by atomic mass is 35.5. The van der Waals surface area contributed by atoms with Crippen LogP contribution in [0, 0.1) is 25.5 Å². The first kappa shape index (κ1) is 13.7. The summed E-state index contributed by atoms with van der Waals surface area (Å²) < 4.78 is 31.8. The number of aryl methyl sites for hydroxylation is 2. The molecule has 0 aliphatic rings. The molecule has 1 aromatic carbocycles. The van der Waals surface area contributed by atoms with Crippen molar-refractivity contribution in [2.24, 2.45) is 0 Å². The van der Waals surface area contributed by atoms with E-state index in [1.54, 1.807) is 13.8 Å². The Morgan fingerprint density at radius 3 is 2.21 bits per heavy atom. The zero-order valence-electron chi connectivity index (χ0n) is 10.7. The molecule has 2 rings (SSSR count). The summed E-state index contributed by atoms with van der Waals surface area (Å²) in [6.07, 6.45) is 0. The molecule has 0 aliphatic carbocycles. The lowest BCUT2D eigenvalue weighted by molar-refractivity contribution is 0.411. The lowest BCUT2D eigenvalue weighted by Crippen LogP contribution is -1.98. The number of aromatic nitrogens is 1. The third-order valence-electron chi connectivity index (χ3n) is 2.85. The summed E-state index contributed by atoms with van der Waals surface area (Å²) in [5.41, 5.74) is 2.47. The molecule has 0 N–H and O–H groups in total. The lowest BCUT2D eigenvalue weighted by atomic mass is 9.98. The van der Waals surface area contributed by atoms with Gasteiger partial charge in [-0.2, -0.15) is 0 Å². The van der Waals surface area contributed by atoms with E-state index < -0.39 is 5.82 Å². The molecule has 5 heteroatoms. The van der Waals surface area contributed by atoms with Crippen molar-refractivity contribution in [2.45, 2.75) is 13.8 Å². The smallest absolute Gasteiger partial charge is 0.165 e. The van der Waals surface area contributed by atoms with Gasteiger partial charge in [0.15, 0.2) is 11.0 Å². The number of methoxy groups -OCH3 is 1. The predicted molar refractivity (Wildman–Crippen MR) is 70.6 cm³/mol. The Kier molecular flexibility index (Phi) is 3.71. The molecular formula is C14H12ClF2NO. The maximum Gasteiger partial charge on any atom is 0.165 e. The molecular weight excluding hydrogens is 272 g/mol. The van der Waals surface area contributed by atoms with Crippen LogP contribution >= 0.6 is 11.6 Å². The van der Waals surface area contributed by atoms with E-state index in [4.69, 9.17) is 16.3 Å². The molecule has 0 fully saturated rings. The van der Waals surface area contributed by atoms with E-state index >= 15 is 0 Å². The number of ether oxygens (including phenoxy) is 1. The molecule has 0 saturated heterocycles. The number of benzene rings is 1. The summed E-state index contributed by atoms with van der Waals surface area (Å²) in [7, 11) is 1.42. The maximum atomic E-state index is 13.4. The Bertz CT molecular complexity index is 621. The first-order valence-corrected chi connectivity index (χ1v) is 5.99. The van der Waals surface area contributed by atoms with E-state index in [9.17, 15) is 8.78 Å². The molecule has 0 atom stereocenters. The van der Waals surface area contributed by atoms with Crippen LogP contribution in [0.1, 0.15) is 11.1 Å². The van der Waals surface area contributed by atoms with Gasteiger partial charge in [-0.1, -0.05) is 11.6 Å². The van der Waals surface area contributed by atoms with Gasteiger partial charge in [0, 0.05) is 11.6 Å². The van der Waals surface area contributed by atoms with Gasteiger partial charge in [0.2, 0.25) is 0 Å². The molecule has 2 nitrogen and oxygen atoms in total. The quantitative estimate of drug-likeness (QED) is 0.767. The molecule has 0 bridgehead atoms. The van der Waals surface area contributed by atoms with E-state index in [0.717, 1.165) is 0 Å². The SMILES string of the molecule is COc1cc(F)c(Cl)nc1-c1c(C)cc(F)cc1C. The van der Waals surface area contributed by atoms with E-state index in [2.05, 4.69) is 4.98 Å². The minimum absolute atomic E-state index is 0.237. The Hall–Kier alpha value is -1.68. The molecule has 0 unspecified atom stereocenters. The second-order valence-electron chi connectivity index (χ2n) is 4.23. The molecule has 1 aromatic heterocycles. The lowest BCUT2D eigenvalue weighted by Gasteiger charge is -2.13.